The molecule has 6 N–H and O–H groups in total. The van der Waals surface area contributed by atoms with Gasteiger partial charge in [0.25, 0.3) is 0 Å². The highest BCUT2D eigenvalue weighted by Crippen LogP contribution is 1.72. The third-order valence-corrected chi connectivity index (χ3v) is 1.11. The number of aliphatic hydroxyl groups is 1. The molecule has 0 aliphatic heterocycles. The quantitative estimate of drug-likeness (QED) is 0.345. The lowest BCUT2D eigenvalue weighted by Gasteiger charge is -2.12. The van der Waals surface area contributed by atoms with E-state index in [-0.39, 0.29) is 12.6 Å². The van der Waals surface area contributed by atoms with Crippen molar-refractivity contribution < 1.29 is 5.11 Å². The average molecular weight is 133 g/mol. The Labute approximate surface area is 55.2 Å². The van der Waals surface area contributed by atoms with Gasteiger partial charge in [0.1, 0.15) is 0 Å². The summed E-state index contributed by atoms with van der Waals surface area (Å²) in [6, 6.07) is 0.150. The first-order valence-electron chi connectivity index (χ1n) is 3.09. The molecule has 0 bridgehead atoms. The predicted molar refractivity (Wildman–Crippen MR) is 37.0 cm³/mol. The molecule has 0 saturated carbocycles. The van der Waals surface area contributed by atoms with Gasteiger partial charge in [0.2, 0.25) is 0 Å². The van der Waals surface area contributed by atoms with Gasteiger partial charge in [-0.05, 0) is 0 Å². The predicted octanol–water partition coefficient (Wildman–Crippen LogP) is -2.15. The van der Waals surface area contributed by atoms with E-state index in [2.05, 4.69) is 5.32 Å². The minimum Gasteiger partial charge on any atom is -0.395 e. The summed E-state index contributed by atoms with van der Waals surface area (Å²) in [4.78, 5) is 0. The molecular weight excluding hydrogens is 118 g/mol. The molecule has 0 fully saturated rings. The van der Waals surface area contributed by atoms with Gasteiger partial charge in [-0.15, -0.1) is 0 Å². The maximum atomic E-state index is 8.36. The second kappa shape index (κ2) is 5.97. The van der Waals surface area contributed by atoms with Crippen molar-refractivity contribution in [1.82, 2.24) is 5.32 Å². The fourth-order valence-electron chi connectivity index (χ4n) is 0.532. The van der Waals surface area contributed by atoms with Gasteiger partial charge in [-0.2, -0.15) is 0 Å². The van der Waals surface area contributed by atoms with Crippen LogP contribution in [0.15, 0.2) is 0 Å². The topological polar surface area (TPSA) is 84.3 Å². The summed E-state index contributed by atoms with van der Waals surface area (Å²) < 4.78 is 0. The summed E-state index contributed by atoms with van der Waals surface area (Å²) in [5, 5.41) is 11.3. The second-order valence-corrected chi connectivity index (χ2v) is 1.85. The normalized spacial score (nSPS) is 10.7. The molecule has 56 valence electrons. The van der Waals surface area contributed by atoms with Gasteiger partial charge in [0.15, 0.2) is 0 Å². The van der Waals surface area contributed by atoms with Crippen LogP contribution in [-0.4, -0.2) is 37.4 Å². The first kappa shape index (κ1) is 8.84. The Balaban J connectivity index is 3.09. The third kappa shape index (κ3) is 4.35. The van der Waals surface area contributed by atoms with Crippen LogP contribution in [0.2, 0.25) is 0 Å². The van der Waals surface area contributed by atoms with E-state index >= 15 is 0 Å². The first-order chi connectivity index (χ1) is 4.35. The summed E-state index contributed by atoms with van der Waals surface area (Å²) in [6.45, 7) is 1.75. The number of hydrogen-bond donors (Lipinski definition) is 4. The molecule has 0 heterocycles. The van der Waals surface area contributed by atoms with Crippen molar-refractivity contribution in [1.29, 1.82) is 0 Å². The smallest absolute Gasteiger partial charge is 0.0556 e. The number of aliphatic hydroxyl groups excluding tert-OH is 1. The maximum Gasteiger partial charge on any atom is 0.0556 e. The molecule has 9 heavy (non-hydrogen) atoms. The summed E-state index contributed by atoms with van der Waals surface area (Å²) in [6.07, 6.45) is 0. The van der Waals surface area contributed by atoms with E-state index in [0.29, 0.717) is 19.6 Å². The lowest BCUT2D eigenvalue weighted by Crippen LogP contribution is -2.43. The van der Waals surface area contributed by atoms with E-state index in [1.54, 1.807) is 0 Å². The van der Waals surface area contributed by atoms with Crippen molar-refractivity contribution in [2.24, 2.45) is 11.5 Å². The zero-order valence-corrected chi connectivity index (χ0v) is 5.51. The van der Waals surface area contributed by atoms with E-state index in [0.717, 1.165) is 0 Å². The largest absolute Gasteiger partial charge is 0.395 e. The van der Waals surface area contributed by atoms with Crippen LogP contribution in [0.3, 0.4) is 0 Å². The van der Waals surface area contributed by atoms with Crippen LogP contribution in [-0.2, 0) is 0 Å². The maximum absolute atomic E-state index is 8.36. The van der Waals surface area contributed by atoms with Crippen molar-refractivity contribution in [3.63, 3.8) is 0 Å². The van der Waals surface area contributed by atoms with Gasteiger partial charge < -0.3 is 21.9 Å². The molecule has 4 heteroatoms. The molecule has 0 aliphatic carbocycles. The standard InChI is InChI=1S/C5H15N3O/c6-3-5(4-7)8-1-2-9/h5,8-9H,1-4,6-7H2. The minimum absolute atomic E-state index is 0.135. The number of hydrogen-bond acceptors (Lipinski definition) is 4. The van der Waals surface area contributed by atoms with E-state index in [1.807, 2.05) is 0 Å². The van der Waals surface area contributed by atoms with Crippen molar-refractivity contribution >= 4 is 0 Å². The zero-order chi connectivity index (χ0) is 7.11. The molecule has 0 atom stereocenters. The van der Waals surface area contributed by atoms with E-state index < -0.39 is 0 Å². The molecule has 0 amide bonds. The zero-order valence-electron chi connectivity index (χ0n) is 5.51. The van der Waals surface area contributed by atoms with Crippen LogP contribution in [0, 0.1) is 0 Å². The van der Waals surface area contributed by atoms with E-state index in [4.69, 9.17) is 16.6 Å². The lowest BCUT2D eigenvalue weighted by atomic mass is 10.3. The van der Waals surface area contributed by atoms with Crippen molar-refractivity contribution in [2.45, 2.75) is 6.04 Å². The monoisotopic (exact) mass is 133 g/mol. The van der Waals surface area contributed by atoms with Crippen LogP contribution in [0.1, 0.15) is 0 Å². The molecule has 0 rings (SSSR count). The Morgan fingerprint density at radius 2 is 1.89 bits per heavy atom. The van der Waals surface area contributed by atoms with Crippen molar-refractivity contribution in [2.75, 3.05) is 26.2 Å². The first-order valence-corrected chi connectivity index (χ1v) is 3.09. The molecule has 0 aromatic carbocycles. The minimum atomic E-state index is 0.135. The number of rotatable bonds is 5. The Hall–Kier alpha value is -0.160. The van der Waals surface area contributed by atoms with Crippen LogP contribution in [0.25, 0.3) is 0 Å². The highest BCUT2D eigenvalue weighted by Gasteiger charge is 1.99. The lowest BCUT2D eigenvalue weighted by molar-refractivity contribution is 0.285. The Bertz CT molecular complexity index is 56.2. The van der Waals surface area contributed by atoms with Crippen LogP contribution in [0.4, 0.5) is 0 Å². The molecule has 0 radical (unpaired) electrons. The molecular formula is C5H15N3O. The van der Waals surface area contributed by atoms with Crippen LogP contribution < -0.4 is 16.8 Å². The van der Waals surface area contributed by atoms with Gasteiger partial charge in [-0.25, -0.2) is 0 Å². The molecule has 0 spiro atoms. The highest BCUT2D eigenvalue weighted by atomic mass is 16.3. The molecule has 0 unspecified atom stereocenters. The van der Waals surface area contributed by atoms with E-state index in [1.165, 1.54) is 0 Å². The molecule has 0 aromatic rings. The molecule has 0 saturated heterocycles. The highest BCUT2D eigenvalue weighted by molar-refractivity contribution is 4.66. The summed E-state index contributed by atoms with van der Waals surface area (Å²) >= 11 is 0. The van der Waals surface area contributed by atoms with Gasteiger partial charge in [0.05, 0.1) is 6.61 Å². The Morgan fingerprint density at radius 1 is 1.33 bits per heavy atom. The van der Waals surface area contributed by atoms with Crippen molar-refractivity contribution in [3.05, 3.63) is 0 Å². The Kier molecular flexibility index (Phi) is 5.86. The molecule has 0 aromatic heterocycles. The SMILES string of the molecule is NCC(CN)NCCO. The van der Waals surface area contributed by atoms with E-state index in [9.17, 15) is 0 Å². The van der Waals surface area contributed by atoms with Crippen LogP contribution >= 0.6 is 0 Å². The summed E-state index contributed by atoms with van der Waals surface area (Å²) in [5.74, 6) is 0. The Morgan fingerprint density at radius 3 is 2.22 bits per heavy atom. The van der Waals surface area contributed by atoms with Gasteiger partial charge in [0, 0.05) is 25.7 Å². The molecule has 4 nitrogen and oxygen atoms in total. The number of nitrogens with two attached hydrogens (primary N) is 2. The second-order valence-electron chi connectivity index (χ2n) is 1.85. The van der Waals surface area contributed by atoms with Crippen molar-refractivity contribution in [3.8, 4) is 0 Å². The molecule has 0 aliphatic rings. The number of nitrogens with one attached hydrogen (secondary N) is 1. The van der Waals surface area contributed by atoms with Gasteiger partial charge >= 0.3 is 0 Å². The summed E-state index contributed by atoms with van der Waals surface area (Å²) in [5.41, 5.74) is 10.6. The van der Waals surface area contributed by atoms with Gasteiger partial charge in [-0.3, -0.25) is 0 Å². The average Bonchev–Trinajstić information content (AvgIpc) is 1.91. The fraction of sp³-hybridized carbons (Fsp3) is 1.00. The third-order valence-electron chi connectivity index (χ3n) is 1.11. The fourth-order valence-corrected chi connectivity index (χ4v) is 0.532. The van der Waals surface area contributed by atoms with Gasteiger partial charge in [-0.1, -0.05) is 0 Å². The summed E-state index contributed by atoms with van der Waals surface area (Å²) in [7, 11) is 0. The van der Waals surface area contributed by atoms with Crippen LogP contribution in [0.5, 0.6) is 0 Å².